The molecule has 1 aliphatic heterocycles. The van der Waals surface area contributed by atoms with Crippen LogP contribution < -0.4 is 0 Å². The Kier molecular flexibility index (Phi) is 3.68. The number of hydrogen-bond acceptors (Lipinski definition) is 3. The number of nitrogens with zero attached hydrogens (tertiary/aromatic N) is 2. The molecule has 0 saturated carbocycles. The van der Waals surface area contributed by atoms with Crippen LogP contribution in [0, 0.1) is 17.2 Å². The van der Waals surface area contributed by atoms with E-state index in [1.165, 1.54) is 22.5 Å². The summed E-state index contributed by atoms with van der Waals surface area (Å²) in [5.74, 6) is 0.145. The first kappa shape index (κ1) is 14.1. The number of halogens is 1. The molecule has 1 atom stereocenters. The Balaban J connectivity index is 2.41. The Labute approximate surface area is 118 Å². The van der Waals surface area contributed by atoms with Gasteiger partial charge in [-0.3, -0.25) is 0 Å². The summed E-state index contributed by atoms with van der Waals surface area (Å²) in [7, 11) is -3.63. The van der Waals surface area contributed by atoms with Gasteiger partial charge in [0.1, 0.15) is 4.90 Å². The lowest BCUT2D eigenvalue weighted by atomic mass is 10.1. The highest BCUT2D eigenvalue weighted by molar-refractivity contribution is 7.89. The summed E-state index contributed by atoms with van der Waals surface area (Å²) in [5, 5.41) is 8.83. The van der Waals surface area contributed by atoms with E-state index in [1.54, 1.807) is 0 Å². The second-order valence-corrected chi connectivity index (χ2v) is 6.93. The van der Waals surface area contributed by atoms with Crippen LogP contribution in [-0.4, -0.2) is 25.8 Å². The zero-order chi connectivity index (χ0) is 14.2. The van der Waals surface area contributed by atoms with Gasteiger partial charge in [-0.25, -0.2) is 8.42 Å². The molecule has 1 aromatic carbocycles. The number of benzene rings is 1. The van der Waals surface area contributed by atoms with Gasteiger partial charge in [0.2, 0.25) is 10.0 Å². The zero-order valence-corrected chi connectivity index (χ0v) is 12.0. The van der Waals surface area contributed by atoms with Crippen molar-refractivity contribution >= 4 is 21.6 Å². The van der Waals surface area contributed by atoms with E-state index in [9.17, 15) is 8.42 Å². The molecular formula is C13H13ClN2O2S. The van der Waals surface area contributed by atoms with Crippen LogP contribution >= 0.6 is 11.6 Å². The Hall–Kier alpha value is -1.35. The van der Waals surface area contributed by atoms with Crippen molar-refractivity contribution in [3.63, 3.8) is 0 Å². The van der Waals surface area contributed by atoms with Crippen LogP contribution in [0.15, 0.2) is 35.2 Å². The van der Waals surface area contributed by atoms with Gasteiger partial charge in [-0.1, -0.05) is 30.7 Å². The molecule has 1 saturated heterocycles. The third-order valence-corrected chi connectivity index (χ3v) is 5.53. The number of rotatable bonds is 2. The number of hydrogen-bond donors (Lipinski definition) is 0. The third-order valence-electron chi connectivity index (χ3n) is 3.23. The van der Waals surface area contributed by atoms with Crippen molar-refractivity contribution in [2.45, 2.75) is 11.8 Å². The molecule has 0 aliphatic carbocycles. The summed E-state index contributed by atoms with van der Waals surface area (Å²) in [6.45, 7) is 6.54. The van der Waals surface area contributed by atoms with Crippen molar-refractivity contribution in [2.24, 2.45) is 5.92 Å². The Morgan fingerprint density at radius 1 is 1.53 bits per heavy atom. The van der Waals surface area contributed by atoms with Gasteiger partial charge >= 0.3 is 0 Å². The second kappa shape index (κ2) is 4.97. The Bertz CT molecular complexity index is 676. The fourth-order valence-electron chi connectivity index (χ4n) is 1.98. The third kappa shape index (κ3) is 2.52. The lowest BCUT2D eigenvalue weighted by molar-refractivity contribution is 0.464. The van der Waals surface area contributed by atoms with Crippen molar-refractivity contribution in [3.8, 4) is 6.07 Å². The largest absolute Gasteiger partial charge is 0.244 e. The highest BCUT2D eigenvalue weighted by Gasteiger charge is 2.33. The zero-order valence-electron chi connectivity index (χ0n) is 10.4. The molecule has 0 spiro atoms. The lowest BCUT2D eigenvalue weighted by Crippen LogP contribution is -2.29. The van der Waals surface area contributed by atoms with Crippen molar-refractivity contribution in [1.82, 2.24) is 4.31 Å². The first-order chi connectivity index (χ1) is 8.86. The molecule has 4 nitrogen and oxygen atoms in total. The molecule has 0 bridgehead atoms. The summed E-state index contributed by atoms with van der Waals surface area (Å²) >= 11 is 5.96. The highest BCUT2D eigenvalue weighted by Crippen LogP contribution is 2.30. The standard InChI is InChI=1S/C13H13ClN2O2S/c1-9-7-16(8-10(9)2)19(17,18)13-4-3-11(6-15)5-12(13)14/h3-5,10H,1,7-8H2,2H3/t10-/m1/s1. The van der Waals surface area contributed by atoms with E-state index in [0.29, 0.717) is 18.7 Å². The first-order valence-corrected chi connectivity index (χ1v) is 7.55. The van der Waals surface area contributed by atoms with Gasteiger partial charge in [-0.15, -0.1) is 0 Å². The fourth-order valence-corrected chi connectivity index (χ4v) is 4.04. The summed E-state index contributed by atoms with van der Waals surface area (Å²) in [6.07, 6.45) is 0. The molecule has 6 heteroatoms. The molecule has 100 valence electrons. The maximum absolute atomic E-state index is 12.5. The molecule has 0 radical (unpaired) electrons. The topological polar surface area (TPSA) is 61.2 Å². The maximum atomic E-state index is 12.5. The van der Waals surface area contributed by atoms with Gasteiger partial charge in [0.25, 0.3) is 0 Å². The Morgan fingerprint density at radius 2 is 2.21 bits per heavy atom. The minimum atomic E-state index is -3.63. The van der Waals surface area contributed by atoms with Crippen LogP contribution in [0.1, 0.15) is 12.5 Å². The summed E-state index contributed by atoms with van der Waals surface area (Å²) in [5.41, 5.74) is 1.23. The smallest absolute Gasteiger partial charge is 0.207 e. The van der Waals surface area contributed by atoms with E-state index in [4.69, 9.17) is 16.9 Å². The van der Waals surface area contributed by atoms with Crippen molar-refractivity contribution < 1.29 is 8.42 Å². The molecule has 19 heavy (non-hydrogen) atoms. The predicted octanol–water partition coefficient (Wildman–Crippen LogP) is 2.41. The van der Waals surface area contributed by atoms with Crippen molar-refractivity contribution in [3.05, 3.63) is 40.9 Å². The van der Waals surface area contributed by atoms with Crippen LogP contribution in [-0.2, 0) is 10.0 Å². The predicted molar refractivity (Wildman–Crippen MR) is 73.2 cm³/mol. The molecule has 0 N–H and O–H groups in total. The van der Waals surface area contributed by atoms with E-state index < -0.39 is 10.0 Å². The lowest BCUT2D eigenvalue weighted by Gasteiger charge is -2.16. The van der Waals surface area contributed by atoms with Crippen molar-refractivity contribution in [2.75, 3.05) is 13.1 Å². The van der Waals surface area contributed by atoms with Crippen LogP contribution in [0.5, 0.6) is 0 Å². The molecule has 1 aromatic rings. The van der Waals surface area contributed by atoms with Gasteiger partial charge in [0, 0.05) is 13.1 Å². The molecular weight excluding hydrogens is 284 g/mol. The van der Waals surface area contributed by atoms with Crippen molar-refractivity contribution in [1.29, 1.82) is 5.26 Å². The quantitative estimate of drug-likeness (QED) is 0.787. The van der Waals surface area contributed by atoms with Crippen LogP contribution in [0.2, 0.25) is 5.02 Å². The van der Waals surface area contributed by atoms with Crippen LogP contribution in [0.25, 0.3) is 0 Å². The minimum absolute atomic E-state index is 0.0371. The molecule has 0 unspecified atom stereocenters. The average Bonchev–Trinajstić information content (AvgIpc) is 2.70. The summed E-state index contributed by atoms with van der Waals surface area (Å²) in [4.78, 5) is 0.0371. The number of nitriles is 1. The molecule has 1 fully saturated rings. The average molecular weight is 297 g/mol. The monoisotopic (exact) mass is 296 g/mol. The van der Waals surface area contributed by atoms with Gasteiger partial charge in [-0.2, -0.15) is 9.57 Å². The normalized spacial score (nSPS) is 20.5. The second-order valence-electron chi connectivity index (χ2n) is 4.61. The van der Waals surface area contributed by atoms with Gasteiger partial charge in [0.05, 0.1) is 16.7 Å². The maximum Gasteiger partial charge on any atom is 0.244 e. The molecule has 0 aromatic heterocycles. The minimum Gasteiger partial charge on any atom is -0.207 e. The van der Waals surface area contributed by atoms with Crippen LogP contribution in [0.3, 0.4) is 0 Å². The molecule has 1 heterocycles. The Morgan fingerprint density at radius 3 is 2.68 bits per heavy atom. The van der Waals surface area contributed by atoms with E-state index in [2.05, 4.69) is 6.58 Å². The summed E-state index contributed by atoms with van der Waals surface area (Å²) < 4.78 is 26.3. The molecule has 0 amide bonds. The van der Waals surface area contributed by atoms with E-state index >= 15 is 0 Å². The highest BCUT2D eigenvalue weighted by atomic mass is 35.5. The van der Waals surface area contributed by atoms with E-state index in [1.807, 2.05) is 13.0 Å². The molecule has 2 rings (SSSR count). The summed E-state index contributed by atoms with van der Waals surface area (Å²) in [6, 6.07) is 6.12. The van der Waals surface area contributed by atoms with Gasteiger partial charge < -0.3 is 0 Å². The fraction of sp³-hybridized carbons (Fsp3) is 0.308. The first-order valence-electron chi connectivity index (χ1n) is 5.73. The van der Waals surface area contributed by atoms with Gasteiger partial charge in [-0.05, 0) is 24.1 Å². The van der Waals surface area contributed by atoms with E-state index in [-0.39, 0.29) is 15.8 Å². The van der Waals surface area contributed by atoms with Gasteiger partial charge in [0.15, 0.2) is 0 Å². The van der Waals surface area contributed by atoms with Crippen LogP contribution in [0.4, 0.5) is 0 Å². The van der Waals surface area contributed by atoms with E-state index in [0.717, 1.165) is 5.57 Å². The SMILES string of the molecule is C=C1CN(S(=O)(=O)c2ccc(C#N)cc2Cl)C[C@H]1C. The molecule has 1 aliphatic rings. The number of sulfonamides is 1.